The molecule has 1 saturated carbocycles. The van der Waals surface area contributed by atoms with Crippen LogP contribution in [0.4, 0.5) is 0 Å². The molecule has 2 N–H and O–H groups in total. The van der Waals surface area contributed by atoms with E-state index in [0.29, 0.717) is 17.3 Å². The second-order valence-corrected chi connectivity index (χ2v) is 4.97. The summed E-state index contributed by atoms with van der Waals surface area (Å²) >= 11 is 5.87. The van der Waals surface area contributed by atoms with Crippen LogP contribution in [0.3, 0.4) is 0 Å². The number of hydrogen-bond donors (Lipinski definition) is 2. The van der Waals surface area contributed by atoms with Gasteiger partial charge in [-0.25, -0.2) is 0 Å². The molecule has 1 aromatic rings. The zero-order chi connectivity index (χ0) is 11.4. The number of phenolic OH excluding ortho intramolecular Hbond substituents is 1. The molecule has 1 aromatic carbocycles. The number of nitrogens with one attached hydrogen (secondary N) is 1. The Morgan fingerprint density at radius 1 is 1.38 bits per heavy atom. The van der Waals surface area contributed by atoms with E-state index in [1.54, 1.807) is 12.1 Å². The van der Waals surface area contributed by atoms with Crippen molar-refractivity contribution in [2.45, 2.75) is 32.2 Å². The highest BCUT2D eigenvalue weighted by molar-refractivity contribution is 6.30. The summed E-state index contributed by atoms with van der Waals surface area (Å²) in [4.78, 5) is 0. The zero-order valence-electron chi connectivity index (χ0n) is 9.38. The summed E-state index contributed by atoms with van der Waals surface area (Å²) in [5.74, 6) is 1.25. The molecule has 1 fully saturated rings. The lowest BCUT2D eigenvalue weighted by molar-refractivity contribution is 0.292. The van der Waals surface area contributed by atoms with E-state index < -0.39 is 0 Å². The van der Waals surface area contributed by atoms with Gasteiger partial charge in [0.25, 0.3) is 0 Å². The van der Waals surface area contributed by atoms with Crippen LogP contribution < -0.4 is 5.32 Å². The number of benzene rings is 1. The summed E-state index contributed by atoms with van der Waals surface area (Å²) in [5, 5.41) is 13.6. The maximum absolute atomic E-state index is 9.60. The highest BCUT2D eigenvalue weighted by Crippen LogP contribution is 2.28. The first-order chi connectivity index (χ1) is 7.75. The zero-order valence-corrected chi connectivity index (χ0v) is 10.1. The van der Waals surface area contributed by atoms with E-state index in [4.69, 9.17) is 11.6 Å². The third kappa shape index (κ3) is 3.13. The first kappa shape index (κ1) is 11.7. The molecule has 0 aliphatic heterocycles. The van der Waals surface area contributed by atoms with Gasteiger partial charge in [-0.05, 0) is 37.1 Å². The highest BCUT2D eigenvalue weighted by Gasteiger charge is 2.16. The van der Waals surface area contributed by atoms with Gasteiger partial charge in [0.2, 0.25) is 0 Å². The Bertz CT molecular complexity index is 350. The molecule has 0 bridgehead atoms. The highest BCUT2D eigenvalue weighted by atomic mass is 35.5. The van der Waals surface area contributed by atoms with Crippen LogP contribution in [0.2, 0.25) is 5.02 Å². The molecule has 1 aliphatic rings. The number of aromatic hydroxyl groups is 1. The van der Waals surface area contributed by atoms with Gasteiger partial charge in [-0.15, -0.1) is 0 Å². The SMILES string of the molecule is Oc1ccc(Cl)cc1CNCCC1CCC1. The minimum atomic E-state index is 0.320. The normalized spacial score (nSPS) is 16.1. The van der Waals surface area contributed by atoms with Crippen molar-refractivity contribution in [2.75, 3.05) is 6.54 Å². The average molecular weight is 240 g/mol. The second-order valence-electron chi connectivity index (χ2n) is 4.54. The number of phenols is 1. The quantitative estimate of drug-likeness (QED) is 0.773. The molecule has 2 nitrogen and oxygen atoms in total. The molecular weight excluding hydrogens is 222 g/mol. The van der Waals surface area contributed by atoms with Crippen LogP contribution in [0, 0.1) is 5.92 Å². The van der Waals surface area contributed by atoms with Crippen molar-refractivity contribution in [3.8, 4) is 5.75 Å². The maximum atomic E-state index is 9.60. The van der Waals surface area contributed by atoms with Crippen molar-refractivity contribution in [3.05, 3.63) is 28.8 Å². The van der Waals surface area contributed by atoms with Gasteiger partial charge in [-0.2, -0.15) is 0 Å². The van der Waals surface area contributed by atoms with Gasteiger partial charge in [0.05, 0.1) is 0 Å². The second kappa shape index (κ2) is 5.55. The number of halogens is 1. The minimum absolute atomic E-state index is 0.320. The fraction of sp³-hybridized carbons (Fsp3) is 0.538. The lowest BCUT2D eigenvalue weighted by atomic mass is 9.83. The van der Waals surface area contributed by atoms with E-state index in [1.165, 1.54) is 25.7 Å². The molecule has 0 aromatic heterocycles. The third-order valence-corrected chi connectivity index (χ3v) is 3.55. The molecular formula is C13H18ClNO. The van der Waals surface area contributed by atoms with E-state index in [-0.39, 0.29) is 0 Å². The third-order valence-electron chi connectivity index (χ3n) is 3.31. The summed E-state index contributed by atoms with van der Waals surface area (Å²) in [6.45, 7) is 1.72. The van der Waals surface area contributed by atoms with Gasteiger partial charge in [0, 0.05) is 17.1 Å². The first-order valence-electron chi connectivity index (χ1n) is 5.94. The van der Waals surface area contributed by atoms with E-state index in [1.807, 2.05) is 6.07 Å². The molecule has 1 aliphatic carbocycles. The lowest BCUT2D eigenvalue weighted by Crippen LogP contribution is -2.21. The Morgan fingerprint density at radius 2 is 2.19 bits per heavy atom. The smallest absolute Gasteiger partial charge is 0.120 e. The van der Waals surface area contributed by atoms with Crippen LogP contribution in [-0.4, -0.2) is 11.7 Å². The van der Waals surface area contributed by atoms with Gasteiger partial charge >= 0.3 is 0 Å². The molecule has 0 radical (unpaired) electrons. The van der Waals surface area contributed by atoms with Crippen LogP contribution >= 0.6 is 11.6 Å². The van der Waals surface area contributed by atoms with E-state index >= 15 is 0 Å². The first-order valence-corrected chi connectivity index (χ1v) is 6.31. The molecule has 0 heterocycles. The fourth-order valence-electron chi connectivity index (χ4n) is 2.01. The minimum Gasteiger partial charge on any atom is -0.508 e. The molecule has 0 amide bonds. The monoisotopic (exact) mass is 239 g/mol. The lowest BCUT2D eigenvalue weighted by Gasteiger charge is -2.25. The standard InChI is InChI=1S/C13H18ClNO/c14-12-4-5-13(16)11(8-12)9-15-7-6-10-2-1-3-10/h4-5,8,10,15-16H,1-3,6-7,9H2. The van der Waals surface area contributed by atoms with Crippen LogP contribution in [-0.2, 0) is 6.54 Å². The van der Waals surface area contributed by atoms with Gasteiger partial charge in [-0.1, -0.05) is 30.9 Å². The summed E-state index contributed by atoms with van der Waals surface area (Å²) in [6.07, 6.45) is 5.44. The molecule has 0 saturated heterocycles. The molecule has 3 heteroatoms. The Labute approximate surface area is 102 Å². The summed E-state index contributed by atoms with van der Waals surface area (Å²) in [6, 6.07) is 5.16. The molecule has 0 spiro atoms. The Kier molecular flexibility index (Phi) is 4.08. The summed E-state index contributed by atoms with van der Waals surface area (Å²) < 4.78 is 0. The van der Waals surface area contributed by atoms with Gasteiger partial charge in [-0.3, -0.25) is 0 Å². The number of hydrogen-bond acceptors (Lipinski definition) is 2. The van der Waals surface area contributed by atoms with Gasteiger partial charge in [0.1, 0.15) is 5.75 Å². The summed E-state index contributed by atoms with van der Waals surface area (Å²) in [7, 11) is 0. The molecule has 0 atom stereocenters. The fourth-order valence-corrected chi connectivity index (χ4v) is 2.20. The summed E-state index contributed by atoms with van der Waals surface area (Å²) in [5.41, 5.74) is 0.876. The Balaban J connectivity index is 1.73. The van der Waals surface area contributed by atoms with Crippen molar-refractivity contribution >= 4 is 11.6 Å². The predicted molar refractivity (Wildman–Crippen MR) is 66.8 cm³/mol. The topological polar surface area (TPSA) is 32.3 Å². The van der Waals surface area contributed by atoms with Crippen LogP contribution in [0.5, 0.6) is 5.75 Å². The van der Waals surface area contributed by atoms with Gasteiger partial charge in [0.15, 0.2) is 0 Å². The van der Waals surface area contributed by atoms with Crippen LogP contribution in [0.25, 0.3) is 0 Å². The van der Waals surface area contributed by atoms with Crippen molar-refractivity contribution in [1.29, 1.82) is 0 Å². The van der Waals surface area contributed by atoms with E-state index in [9.17, 15) is 5.11 Å². The Hall–Kier alpha value is -0.730. The number of rotatable bonds is 5. The van der Waals surface area contributed by atoms with E-state index in [0.717, 1.165) is 18.0 Å². The van der Waals surface area contributed by atoms with Crippen molar-refractivity contribution in [3.63, 3.8) is 0 Å². The average Bonchev–Trinajstić information content (AvgIpc) is 2.20. The Morgan fingerprint density at radius 3 is 2.88 bits per heavy atom. The van der Waals surface area contributed by atoms with Crippen molar-refractivity contribution < 1.29 is 5.11 Å². The molecule has 16 heavy (non-hydrogen) atoms. The van der Waals surface area contributed by atoms with Crippen LogP contribution in [0.1, 0.15) is 31.2 Å². The van der Waals surface area contributed by atoms with E-state index in [2.05, 4.69) is 5.32 Å². The van der Waals surface area contributed by atoms with Crippen LogP contribution in [0.15, 0.2) is 18.2 Å². The largest absolute Gasteiger partial charge is 0.508 e. The molecule has 2 rings (SSSR count). The molecule has 88 valence electrons. The predicted octanol–water partition coefficient (Wildman–Crippen LogP) is 3.33. The molecule has 0 unspecified atom stereocenters. The van der Waals surface area contributed by atoms with Gasteiger partial charge < -0.3 is 10.4 Å². The maximum Gasteiger partial charge on any atom is 0.120 e. The van der Waals surface area contributed by atoms with Crippen molar-refractivity contribution in [1.82, 2.24) is 5.32 Å². The van der Waals surface area contributed by atoms with Crippen molar-refractivity contribution in [2.24, 2.45) is 5.92 Å².